The molecule has 7 N–H and O–H groups in total. The van der Waals surface area contributed by atoms with Gasteiger partial charge in [-0.25, -0.2) is 9.97 Å². The lowest BCUT2D eigenvalue weighted by atomic mass is 9.97. The van der Waals surface area contributed by atoms with E-state index < -0.39 is 6.10 Å². The third-order valence-electron chi connectivity index (χ3n) is 5.25. The van der Waals surface area contributed by atoms with Gasteiger partial charge in [0.15, 0.2) is 0 Å². The second kappa shape index (κ2) is 15.0. The number of aliphatic hydroxyl groups is 2. The van der Waals surface area contributed by atoms with Crippen molar-refractivity contribution < 1.29 is 24.6 Å². The third-order valence-corrected chi connectivity index (χ3v) is 6.16. The lowest BCUT2D eigenvalue weighted by Crippen LogP contribution is -2.28. The Bertz CT molecular complexity index is 1050. The number of nitrogen functional groups attached to an aromatic ring is 1. The molecule has 2 aromatic rings. The van der Waals surface area contributed by atoms with Crippen molar-refractivity contribution in [3.05, 3.63) is 34.9 Å². The molecule has 3 rings (SSSR count). The van der Waals surface area contributed by atoms with Gasteiger partial charge in [-0.15, -0.1) is 11.8 Å². The van der Waals surface area contributed by atoms with Gasteiger partial charge in [0, 0.05) is 42.9 Å². The number of anilines is 1. The molecule has 36 heavy (non-hydrogen) atoms. The monoisotopic (exact) mass is 518 g/mol. The lowest BCUT2D eigenvalue weighted by molar-refractivity contribution is -0.120. The molecule has 1 aromatic heterocycles. The van der Waals surface area contributed by atoms with E-state index in [9.17, 15) is 14.4 Å². The molecule has 11 nitrogen and oxygen atoms in total. The number of thioether (sulfide) groups is 1. The fourth-order valence-electron chi connectivity index (χ4n) is 3.39. The van der Waals surface area contributed by atoms with E-state index in [0.717, 1.165) is 29.5 Å². The molecule has 0 fully saturated rings. The van der Waals surface area contributed by atoms with Gasteiger partial charge in [0.05, 0.1) is 18.4 Å². The van der Waals surface area contributed by atoms with Gasteiger partial charge in [0.2, 0.25) is 18.3 Å². The van der Waals surface area contributed by atoms with Crippen molar-refractivity contribution in [2.75, 3.05) is 37.7 Å². The summed E-state index contributed by atoms with van der Waals surface area (Å²) in [6, 6.07) is 5.72. The van der Waals surface area contributed by atoms with Crippen LogP contribution in [-0.4, -0.2) is 76.5 Å². The van der Waals surface area contributed by atoms with Crippen LogP contribution < -0.4 is 21.7 Å². The quantitative estimate of drug-likeness (QED) is 0.249. The maximum Gasteiger partial charge on any atom is 0.251 e. The number of nitrogens with two attached hydrogens (primary N) is 1. The van der Waals surface area contributed by atoms with Crippen LogP contribution in [0.25, 0.3) is 11.3 Å². The van der Waals surface area contributed by atoms with Gasteiger partial charge in [0.25, 0.3) is 5.91 Å². The van der Waals surface area contributed by atoms with E-state index in [-0.39, 0.29) is 30.9 Å². The number of rotatable bonds is 4. The number of benzene rings is 1. The minimum atomic E-state index is -0.833. The predicted octanol–water partition coefficient (Wildman–Crippen LogP) is 0.550. The van der Waals surface area contributed by atoms with E-state index >= 15 is 0 Å². The molecule has 0 aliphatic carbocycles. The standard InChI is InChI=1S/C20H25N5O2S.C4H9NO3/c1-12-9-13(2)15-10-14(12)16-11-18(25-20(21)24-16)28-8-5-17(26)22-6-3-4-7-23-19(15)27;6-2-4(8)1-5-3-7/h9-11H,3-8H2,1-2H3,(H,22,26)(H,23,27)(H2,21,24,25);3-4,6,8H,1-2H2,(H,5,7). The van der Waals surface area contributed by atoms with Gasteiger partial charge in [-0.2, -0.15) is 0 Å². The number of carbonyl (C=O) groups excluding carboxylic acids is 3. The molecular weight excluding hydrogens is 484 g/mol. The highest BCUT2D eigenvalue weighted by Crippen LogP contribution is 2.29. The summed E-state index contributed by atoms with van der Waals surface area (Å²) >= 11 is 1.47. The van der Waals surface area contributed by atoms with Crippen LogP contribution in [0.2, 0.25) is 0 Å². The molecule has 0 saturated heterocycles. The Balaban J connectivity index is 0.000000493. The third kappa shape index (κ3) is 9.44. The Hall–Kier alpha value is -3.22. The summed E-state index contributed by atoms with van der Waals surface area (Å²) in [7, 11) is 0. The SMILES string of the molecule is Cc1cc(C)c2cc1C(=O)NCCCCNC(=O)CCSc1cc-2nc(N)n1.O=CNCC(O)CO. The number of aryl methyl sites for hydroxylation is 2. The van der Waals surface area contributed by atoms with Crippen LogP contribution >= 0.6 is 11.8 Å². The summed E-state index contributed by atoms with van der Waals surface area (Å²) in [5, 5.41) is 25.5. The number of nitrogens with zero attached hydrogens (tertiary/aromatic N) is 2. The summed E-state index contributed by atoms with van der Waals surface area (Å²) in [6.45, 7) is 4.89. The number of amides is 3. The van der Waals surface area contributed by atoms with Crippen molar-refractivity contribution in [3.63, 3.8) is 0 Å². The van der Waals surface area contributed by atoms with Crippen LogP contribution in [0.4, 0.5) is 5.95 Å². The van der Waals surface area contributed by atoms with Crippen molar-refractivity contribution in [3.8, 4) is 11.3 Å². The van der Waals surface area contributed by atoms with Gasteiger partial charge in [-0.1, -0.05) is 6.07 Å². The molecule has 1 aliphatic heterocycles. The van der Waals surface area contributed by atoms with Gasteiger partial charge >= 0.3 is 0 Å². The van der Waals surface area contributed by atoms with Crippen LogP contribution in [0.1, 0.15) is 40.7 Å². The summed E-state index contributed by atoms with van der Waals surface area (Å²) in [6.07, 6.45) is 1.68. The van der Waals surface area contributed by atoms with Crippen LogP contribution in [0.3, 0.4) is 0 Å². The molecule has 1 atom stereocenters. The molecule has 12 heteroatoms. The fourth-order valence-corrected chi connectivity index (χ4v) is 4.24. The fraction of sp³-hybridized carbons (Fsp3) is 0.458. The summed E-state index contributed by atoms with van der Waals surface area (Å²) < 4.78 is 0. The van der Waals surface area contributed by atoms with Gasteiger partial charge < -0.3 is 31.9 Å². The molecule has 4 bridgehead atoms. The van der Waals surface area contributed by atoms with E-state index in [2.05, 4.69) is 25.9 Å². The van der Waals surface area contributed by atoms with E-state index in [1.165, 1.54) is 11.8 Å². The first-order valence-electron chi connectivity index (χ1n) is 11.6. The highest BCUT2D eigenvalue weighted by molar-refractivity contribution is 7.99. The zero-order valence-electron chi connectivity index (χ0n) is 20.5. The average Bonchev–Trinajstić information content (AvgIpc) is 2.84. The van der Waals surface area contributed by atoms with E-state index in [1.807, 2.05) is 32.0 Å². The van der Waals surface area contributed by atoms with Gasteiger partial charge in [-0.05, 0) is 49.9 Å². The van der Waals surface area contributed by atoms with Gasteiger partial charge in [-0.3, -0.25) is 14.4 Å². The number of nitrogens with one attached hydrogen (secondary N) is 3. The summed E-state index contributed by atoms with van der Waals surface area (Å²) in [5.74, 6) is 0.693. The molecule has 3 amide bonds. The molecule has 0 saturated carbocycles. The lowest BCUT2D eigenvalue weighted by Gasteiger charge is -2.13. The minimum Gasteiger partial charge on any atom is -0.394 e. The first-order chi connectivity index (χ1) is 17.2. The molecule has 196 valence electrons. The number of fused-ring (bicyclic) bond motifs is 5. The Morgan fingerprint density at radius 1 is 1.11 bits per heavy atom. The van der Waals surface area contributed by atoms with Crippen LogP contribution in [0.15, 0.2) is 23.2 Å². The predicted molar refractivity (Wildman–Crippen MR) is 138 cm³/mol. The number of carbonyl (C=O) groups is 3. The second-order valence-corrected chi connectivity index (χ2v) is 9.32. The highest BCUT2D eigenvalue weighted by atomic mass is 32.2. The number of aromatic nitrogens is 2. The highest BCUT2D eigenvalue weighted by Gasteiger charge is 2.15. The Labute approximate surface area is 214 Å². The maximum absolute atomic E-state index is 12.7. The zero-order chi connectivity index (χ0) is 26.5. The molecule has 2 heterocycles. The molecule has 1 unspecified atom stereocenters. The van der Waals surface area contributed by atoms with Crippen molar-refractivity contribution in [2.24, 2.45) is 0 Å². The van der Waals surface area contributed by atoms with Crippen molar-refractivity contribution in [1.82, 2.24) is 25.9 Å². The minimum absolute atomic E-state index is 0.0150. The first kappa shape index (κ1) is 29.0. The molecule has 1 aliphatic rings. The van der Waals surface area contributed by atoms with Crippen LogP contribution in [0, 0.1) is 13.8 Å². The first-order valence-corrected chi connectivity index (χ1v) is 12.6. The summed E-state index contributed by atoms with van der Waals surface area (Å²) in [5.41, 5.74) is 10.0. The van der Waals surface area contributed by atoms with Gasteiger partial charge in [0.1, 0.15) is 5.03 Å². The van der Waals surface area contributed by atoms with Crippen molar-refractivity contribution in [2.45, 2.75) is 44.2 Å². The second-order valence-electron chi connectivity index (χ2n) is 8.21. The van der Waals surface area contributed by atoms with E-state index in [4.69, 9.17) is 15.9 Å². The Morgan fingerprint density at radius 3 is 2.50 bits per heavy atom. The largest absolute Gasteiger partial charge is 0.394 e. The Kier molecular flexibility index (Phi) is 12.1. The van der Waals surface area contributed by atoms with E-state index in [1.54, 1.807) is 0 Å². The number of aliphatic hydroxyl groups excluding tert-OH is 2. The van der Waals surface area contributed by atoms with Crippen molar-refractivity contribution in [1.29, 1.82) is 0 Å². The maximum atomic E-state index is 12.7. The van der Waals surface area contributed by atoms with Crippen LogP contribution in [0.5, 0.6) is 0 Å². The normalized spacial score (nSPS) is 15.3. The summed E-state index contributed by atoms with van der Waals surface area (Å²) in [4.78, 5) is 42.7. The van der Waals surface area contributed by atoms with Crippen LogP contribution in [-0.2, 0) is 9.59 Å². The average molecular weight is 519 g/mol. The molecule has 0 spiro atoms. The van der Waals surface area contributed by atoms with Crippen molar-refractivity contribution >= 4 is 35.9 Å². The topological polar surface area (TPSA) is 180 Å². The number of hydrogen-bond donors (Lipinski definition) is 6. The number of hydrogen-bond acceptors (Lipinski definition) is 9. The molecule has 0 radical (unpaired) electrons. The smallest absolute Gasteiger partial charge is 0.251 e. The zero-order valence-corrected chi connectivity index (χ0v) is 21.4. The van der Waals surface area contributed by atoms with E-state index in [0.29, 0.717) is 48.0 Å². The molecular formula is C24H34N6O5S. The Morgan fingerprint density at radius 2 is 1.81 bits per heavy atom. The molecule has 1 aromatic carbocycles.